The van der Waals surface area contributed by atoms with Gasteiger partial charge in [-0.05, 0) is 24.6 Å². The normalized spacial score (nSPS) is 11.5. The van der Waals surface area contributed by atoms with Gasteiger partial charge >= 0.3 is 12.0 Å². The minimum absolute atomic E-state index is 0.0563. The Bertz CT molecular complexity index is 508. The Balaban J connectivity index is 2.71. The van der Waals surface area contributed by atoms with Gasteiger partial charge in [-0.3, -0.25) is 0 Å². The highest BCUT2D eigenvalue weighted by Crippen LogP contribution is 2.19. The minimum Gasteiger partial charge on any atom is -0.480 e. The zero-order valence-corrected chi connectivity index (χ0v) is 10.6. The number of urea groups is 1. The van der Waals surface area contributed by atoms with E-state index >= 15 is 0 Å². The lowest BCUT2D eigenvalue weighted by Gasteiger charge is -2.13. The Morgan fingerprint density at radius 1 is 1.53 bits per heavy atom. The van der Waals surface area contributed by atoms with Crippen molar-refractivity contribution in [1.29, 1.82) is 0 Å². The maximum Gasteiger partial charge on any atom is 0.326 e. The number of carbonyl (C=O) groups excluding carboxylic acids is 1. The van der Waals surface area contributed by atoms with Crippen LogP contribution < -0.4 is 10.6 Å². The molecule has 0 aliphatic heterocycles. The van der Waals surface area contributed by atoms with E-state index in [1.807, 2.05) is 0 Å². The number of aliphatic carboxylic acids is 1. The molecule has 102 valence electrons. The average Bonchev–Trinajstić information content (AvgIpc) is 2.33. The fourth-order valence-corrected chi connectivity index (χ4v) is 1.47. The van der Waals surface area contributed by atoms with Crippen LogP contribution in [0.25, 0.3) is 0 Å². The van der Waals surface area contributed by atoms with Crippen molar-refractivity contribution in [2.45, 2.75) is 12.5 Å². The van der Waals surface area contributed by atoms with Crippen molar-refractivity contribution < 1.29 is 19.1 Å². The summed E-state index contributed by atoms with van der Waals surface area (Å²) in [6.45, 7) is 3.39. The van der Waals surface area contributed by atoms with Crippen LogP contribution >= 0.6 is 11.6 Å². The summed E-state index contributed by atoms with van der Waals surface area (Å²) in [5.41, 5.74) is -0.132. The zero-order chi connectivity index (χ0) is 14.4. The summed E-state index contributed by atoms with van der Waals surface area (Å²) in [6, 6.07) is 1.68. The quantitative estimate of drug-likeness (QED) is 0.728. The molecule has 0 saturated heterocycles. The highest BCUT2D eigenvalue weighted by atomic mass is 35.5. The van der Waals surface area contributed by atoms with Crippen molar-refractivity contribution in [3.63, 3.8) is 0 Å². The Kier molecular flexibility index (Phi) is 5.32. The monoisotopic (exact) mass is 286 g/mol. The van der Waals surface area contributed by atoms with E-state index in [0.717, 1.165) is 6.07 Å². The molecular formula is C12H12ClFN2O3. The molecule has 0 heterocycles. The van der Waals surface area contributed by atoms with Gasteiger partial charge < -0.3 is 15.7 Å². The van der Waals surface area contributed by atoms with Crippen molar-refractivity contribution in [2.24, 2.45) is 0 Å². The molecule has 0 aliphatic rings. The highest BCUT2D eigenvalue weighted by molar-refractivity contribution is 6.30. The van der Waals surface area contributed by atoms with Gasteiger partial charge in [0.25, 0.3) is 0 Å². The third-order valence-corrected chi connectivity index (χ3v) is 2.42. The van der Waals surface area contributed by atoms with Gasteiger partial charge in [-0.15, -0.1) is 6.58 Å². The van der Waals surface area contributed by atoms with E-state index in [-0.39, 0.29) is 17.1 Å². The lowest BCUT2D eigenvalue weighted by atomic mass is 10.2. The van der Waals surface area contributed by atoms with Crippen LogP contribution in [0.3, 0.4) is 0 Å². The SMILES string of the molecule is C=CCC(NC(=O)Nc1cc(Cl)ccc1F)C(=O)O. The Labute approximate surface area is 114 Å². The third kappa shape index (κ3) is 4.59. The molecule has 0 radical (unpaired) electrons. The number of benzene rings is 1. The van der Waals surface area contributed by atoms with Crippen LogP contribution in [0, 0.1) is 5.82 Å². The van der Waals surface area contributed by atoms with Gasteiger partial charge in [-0.1, -0.05) is 17.7 Å². The van der Waals surface area contributed by atoms with Crippen LogP contribution in [-0.4, -0.2) is 23.1 Å². The van der Waals surface area contributed by atoms with Crippen LogP contribution in [0.2, 0.25) is 5.02 Å². The number of halogens is 2. The van der Waals surface area contributed by atoms with Gasteiger partial charge in [0.05, 0.1) is 5.69 Å². The molecule has 0 aliphatic carbocycles. The van der Waals surface area contributed by atoms with Gasteiger partial charge in [0, 0.05) is 5.02 Å². The number of nitrogens with one attached hydrogen (secondary N) is 2. The highest BCUT2D eigenvalue weighted by Gasteiger charge is 2.18. The summed E-state index contributed by atoms with van der Waals surface area (Å²) in [6.07, 6.45) is 1.42. The largest absolute Gasteiger partial charge is 0.480 e. The number of anilines is 1. The van der Waals surface area contributed by atoms with Crippen molar-refractivity contribution in [2.75, 3.05) is 5.32 Å². The van der Waals surface area contributed by atoms with Crippen molar-refractivity contribution in [3.8, 4) is 0 Å². The van der Waals surface area contributed by atoms with E-state index in [2.05, 4.69) is 17.2 Å². The van der Waals surface area contributed by atoms with Gasteiger partial charge in [0.1, 0.15) is 11.9 Å². The Hall–Kier alpha value is -2.08. The predicted molar refractivity (Wildman–Crippen MR) is 69.8 cm³/mol. The molecular weight excluding hydrogens is 275 g/mol. The van der Waals surface area contributed by atoms with E-state index in [1.54, 1.807) is 0 Å². The summed E-state index contributed by atoms with van der Waals surface area (Å²) >= 11 is 5.66. The van der Waals surface area contributed by atoms with E-state index in [0.29, 0.717) is 0 Å². The Morgan fingerprint density at radius 3 is 2.79 bits per heavy atom. The molecule has 2 amide bonds. The lowest BCUT2D eigenvalue weighted by Crippen LogP contribution is -2.42. The number of amides is 2. The molecule has 5 nitrogen and oxygen atoms in total. The van der Waals surface area contributed by atoms with Crippen molar-refractivity contribution >= 4 is 29.3 Å². The first-order chi connectivity index (χ1) is 8.93. The van der Waals surface area contributed by atoms with E-state index in [9.17, 15) is 14.0 Å². The molecule has 0 fully saturated rings. The van der Waals surface area contributed by atoms with Crippen LogP contribution in [0.15, 0.2) is 30.9 Å². The number of carboxylic acids is 1. The third-order valence-electron chi connectivity index (χ3n) is 2.18. The maximum atomic E-state index is 13.3. The number of rotatable bonds is 5. The van der Waals surface area contributed by atoms with Gasteiger partial charge in [-0.25, -0.2) is 14.0 Å². The standard InChI is InChI=1S/C12H12ClFN2O3/c1-2-3-9(11(17)18)15-12(19)16-10-6-7(13)4-5-8(10)14/h2,4-6,9H,1,3H2,(H,17,18)(H2,15,16,19). The number of carboxylic acid groups (broad SMARTS) is 1. The number of carbonyl (C=O) groups is 2. The second-order valence-electron chi connectivity index (χ2n) is 3.64. The van der Waals surface area contributed by atoms with Gasteiger partial charge in [0.15, 0.2) is 0 Å². The molecule has 0 aromatic heterocycles. The molecule has 0 saturated carbocycles. The van der Waals surface area contributed by atoms with Crippen molar-refractivity contribution in [3.05, 3.63) is 41.7 Å². The number of hydrogen-bond acceptors (Lipinski definition) is 2. The fraction of sp³-hybridized carbons (Fsp3) is 0.167. The zero-order valence-electron chi connectivity index (χ0n) is 9.82. The minimum atomic E-state index is -1.21. The second kappa shape index (κ2) is 6.75. The smallest absolute Gasteiger partial charge is 0.326 e. The molecule has 7 heteroatoms. The molecule has 19 heavy (non-hydrogen) atoms. The van der Waals surface area contributed by atoms with E-state index in [1.165, 1.54) is 18.2 Å². The lowest BCUT2D eigenvalue weighted by molar-refractivity contribution is -0.139. The first-order valence-electron chi connectivity index (χ1n) is 5.30. The molecule has 1 aromatic carbocycles. The summed E-state index contributed by atoms with van der Waals surface area (Å²) in [4.78, 5) is 22.3. The van der Waals surface area contributed by atoms with Crippen LogP contribution in [0.4, 0.5) is 14.9 Å². The summed E-state index contributed by atoms with van der Waals surface area (Å²) in [5.74, 6) is -1.88. The Morgan fingerprint density at radius 2 is 2.21 bits per heavy atom. The fourth-order valence-electron chi connectivity index (χ4n) is 1.30. The van der Waals surface area contributed by atoms with Gasteiger partial charge in [0.2, 0.25) is 0 Å². The summed E-state index contributed by atoms with van der Waals surface area (Å²) in [5, 5.41) is 13.4. The van der Waals surface area contributed by atoms with Crippen LogP contribution in [-0.2, 0) is 4.79 Å². The van der Waals surface area contributed by atoms with Crippen molar-refractivity contribution in [1.82, 2.24) is 5.32 Å². The second-order valence-corrected chi connectivity index (χ2v) is 4.07. The van der Waals surface area contributed by atoms with Gasteiger partial charge in [-0.2, -0.15) is 0 Å². The summed E-state index contributed by atoms with van der Waals surface area (Å²) < 4.78 is 13.3. The first kappa shape index (κ1) is 15.0. The average molecular weight is 287 g/mol. The molecule has 0 spiro atoms. The topological polar surface area (TPSA) is 78.4 Å². The van der Waals surface area contributed by atoms with Crippen LogP contribution in [0.5, 0.6) is 0 Å². The van der Waals surface area contributed by atoms with E-state index in [4.69, 9.17) is 16.7 Å². The first-order valence-corrected chi connectivity index (χ1v) is 5.68. The predicted octanol–water partition coefficient (Wildman–Crippen LogP) is 2.63. The van der Waals surface area contributed by atoms with E-state index < -0.39 is 23.9 Å². The molecule has 1 unspecified atom stereocenters. The number of hydrogen-bond donors (Lipinski definition) is 3. The molecule has 1 rings (SSSR count). The van der Waals surface area contributed by atoms with Crippen LogP contribution in [0.1, 0.15) is 6.42 Å². The maximum absolute atomic E-state index is 13.3. The molecule has 1 aromatic rings. The molecule has 1 atom stereocenters. The molecule has 3 N–H and O–H groups in total. The summed E-state index contributed by atoms with van der Waals surface area (Å²) in [7, 11) is 0. The molecule has 0 bridgehead atoms.